The van der Waals surface area contributed by atoms with E-state index >= 15 is 0 Å². The molecule has 0 amide bonds. The lowest BCUT2D eigenvalue weighted by Crippen LogP contribution is -2.46. The summed E-state index contributed by atoms with van der Waals surface area (Å²) in [6.07, 6.45) is 1.91. The van der Waals surface area contributed by atoms with E-state index in [1.807, 2.05) is 31.3 Å². The molecule has 2 aromatic heterocycles. The molecule has 1 saturated heterocycles. The van der Waals surface area contributed by atoms with Gasteiger partial charge in [0.2, 0.25) is 0 Å². The molecular formula is C21H26N6. The van der Waals surface area contributed by atoms with Crippen LogP contribution in [0.2, 0.25) is 0 Å². The van der Waals surface area contributed by atoms with Crippen molar-refractivity contribution < 1.29 is 0 Å². The minimum absolute atomic E-state index is 0.750. The lowest BCUT2D eigenvalue weighted by Gasteiger charge is -2.35. The van der Waals surface area contributed by atoms with E-state index in [2.05, 4.69) is 57.1 Å². The van der Waals surface area contributed by atoms with Gasteiger partial charge in [-0.3, -0.25) is 4.90 Å². The van der Waals surface area contributed by atoms with E-state index < -0.39 is 0 Å². The van der Waals surface area contributed by atoms with Crippen LogP contribution in [0.4, 0.5) is 5.82 Å². The molecule has 0 aliphatic carbocycles. The maximum atomic E-state index is 4.42. The maximum absolute atomic E-state index is 4.42. The molecule has 0 saturated carbocycles. The highest BCUT2D eigenvalue weighted by Crippen LogP contribution is 2.17. The highest BCUT2D eigenvalue weighted by Gasteiger charge is 2.19. The zero-order valence-electron chi connectivity index (χ0n) is 16.3. The fourth-order valence-corrected chi connectivity index (χ4v) is 3.55. The van der Waals surface area contributed by atoms with E-state index in [4.69, 9.17) is 0 Å². The molecule has 0 spiro atoms. The van der Waals surface area contributed by atoms with Crippen LogP contribution in [0, 0.1) is 20.8 Å². The van der Waals surface area contributed by atoms with Crippen LogP contribution in [0.15, 0.2) is 42.6 Å². The first-order chi connectivity index (χ1) is 13.1. The predicted octanol–water partition coefficient (Wildman–Crippen LogP) is 2.91. The molecule has 0 atom stereocenters. The number of benzene rings is 1. The first-order valence-electron chi connectivity index (χ1n) is 9.48. The third kappa shape index (κ3) is 4.01. The van der Waals surface area contributed by atoms with Gasteiger partial charge < -0.3 is 4.90 Å². The molecule has 3 heterocycles. The second kappa shape index (κ2) is 7.48. The van der Waals surface area contributed by atoms with Crippen molar-refractivity contribution in [2.75, 3.05) is 31.1 Å². The first kappa shape index (κ1) is 17.7. The number of aryl methyl sites for hydroxylation is 3. The van der Waals surface area contributed by atoms with Crippen molar-refractivity contribution in [2.24, 2.45) is 0 Å². The Balaban J connectivity index is 1.36. The molecule has 0 radical (unpaired) electrons. The summed E-state index contributed by atoms with van der Waals surface area (Å²) in [5.74, 6) is 1.69. The number of aromatic nitrogens is 4. The summed E-state index contributed by atoms with van der Waals surface area (Å²) in [5, 5.41) is 13.1. The molecule has 6 heteroatoms. The minimum atomic E-state index is 0.750. The van der Waals surface area contributed by atoms with E-state index in [1.165, 1.54) is 16.7 Å². The standard InChI is InChI=1S/C21H26N6/c1-16-4-5-19(17(2)14-16)15-25-10-12-26(13-11-25)20-6-7-21(23-22-20)27-9-8-18(3)24-27/h4-9,14H,10-13,15H2,1-3H3. The Morgan fingerprint density at radius 1 is 0.852 bits per heavy atom. The fraction of sp³-hybridized carbons (Fsp3) is 0.381. The lowest BCUT2D eigenvalue weighted by atomic mass is 10.1. The molecule has 1 aliphatic rings. The zero-order valence-corrected chi connectivity index (χ0v) is 16.3. The summed E-state index contributed by atoms with van der Waals surface area (Å²) < 4.78 is 1.76. The van der Waals surface area contributed by atoms with Crippen LogP contribution in [0.25, 0.3) is 5.82 Å². The van der Waals surface area contributed by atoms with Gasteiger partial charge in [-0.25, -0.2) is 4.68 Å². The predicted molar refractivity (Wildman–Crippen MR) is 107 cm³/mol. The van der Waals surface area contributed by atoms with Gasteiger partial charge in [0.25, 0.3) is 0 Å². The molecule has 140 valence electrons. The van der Waals surface area contributed by atoms with Gasteiger partial charge in [-0.15, -0.1) is 10.2 Å². The van der Waals surface area contributed by atoms with Crippen molar-refractivity contribution in [1.29, 1.82) is 0 Å². The van der Waals surface area contributed by atoms with E-state index in [-0.39, 0.29) is 0 Å². The SMILES string of the molecule is Cc1ccc(CN2CCN(c3ccc(-n4ccc(C)n4)nn3)CC2)c(C)c1. The Kier molecular flexibility index (Phi) is 4.90. The second-order valence-electron chi connectivity index (χ2n) is 7.34. The maximum Gasteiger partial charge on any atom is 0.175 e. The van der Waals surface area contributed by atoms with Crippen LogP contribution < -0.4 is 4.90 Å². The highest BCUT2D eigenvalue weighted by atomic mass is 15.4. The Hall–Kier alpha value is -2.73. The van der Waals surface area contributed by atoms with Crippen LogP contribution in [-0.2, 0) is 6.54 Å². The molecule has 4 rings (SSSR count). The monoisotopic (exact) mass is 362 g/mol. The van der Waals surface area contributed by atoms with Crippen LogP contribution in [0.3, 0.4) is 0 Å². The number of hydrogen-bond donors (Lipinski definition) is 0. The molecule has 0 bridgehead atoms. The average molecular weight is 362 g/mol. The Morgan fingerprint density at radius 2 is 1.59 bits per heavy atom. The van der Waals surface area contributed by atoms with Crippen molar-refractivity contribution in [3.05, 3.63) is 65.0 Å². The molecule has 0 N–H and O–H groups in total. The van der Waals surface area contributed by atoms with Crippen molar-refractivity contribution in [3.63, 3.8) is 0 Å². The van der Waals surface area contributed by atoms with Gasteiger partial charge in [-0.1, -0.05) is 23.8 Å². The van der Waals surface area contributed by atoms with Crippen LogP contribution >= 0.6 is 0 Å². The molecule has 6 nitrogen and oxygen atoms in total. The highest BCUT2D eigenvalue weighted by molar-refractivity contribution is 5.40. The molecule has 27 heavy (non-hydrogen) atoms. The zero-order chi connectivity index (χ0) is 18.8. The number of nitrogens with zero attached hydrogens (tertiary/aromatic N) is 6. The van der Waals surface area contributed by atoms with Crippen molar-refractivity contribution in [1.82, 2.24) is 24.9 Å². The number of rotatable bonds is 4. The Morgan fingerprint density at radius 3 is 2.22 bits per heavy atom. The van der Waals surface area contributed by atoms with Gasteiger partial charge in [0, 0.05) is 38.9 Å². The summed E-state index contributed by atoms with van der Waals surface area (Å²) >= 11 is 0. The van der Waals surface area contributed by atoms with Gasteiger partial charge in [-0.2, -0.15) is 5.10 Å². The third-order valence-electron chi connectivity index (χ3n) is 5.18. The van der Waals surface area contributed by atoms with E-state index in [0.717, 1.165) is 50.1 Å². The Labute approximate surface area is 160 Å². The molecule has 3 aromatic rings. The molecular weight excluding hydrogens is 336 g/mol. The van der Waals surface area contributed by atoms with Crippen LogP contribution in [0.5, 0.6) is 0 Å². The quantitative estimate of drug-likeness (QED) is 0.714. The third-order valence-corrected chi connectivity index (χ3v) is 5.18. The molecule has 1 aliphatic heterocycles. The van der Waals surface area contributed by atoms with Gasteiger partial charge in [0.1, 0.15) is 0 Å². The molecule has 1 aromatic carbocycles. The van der Waals surface area contributed by atoms with Crippen molar-refractivity contribution in [3.8, 4) is 5.82 Å². The summed E-state index contributed by atoms with van der Waals surface area (Å²) in [6, 6.07) is 12.7. The molecule has 0 unspecified atom stereocenters. The van der Waals surface area contributed by atoms with Gasteiger partial charge in [0.05, 0.1) is 5.69 Å². The normalized spacial score (nSPS) is 15.3. The first-order valence-corrected chi connectivity index (χ1v) is 9.48. The fourth-order valence-electron chi connectivity index (χ4n) is 3.55. The second-order valence-corrected chi connectivity index (χ2v) is 7.34. The smallest absolute Gasteiger partial charge is 0.175 e. The number of anilines is 1. The number of piperazine rings is 1. The van der Waals surface area contributed by atoms with E-state index in [0.29, 0.717) is 0 Å². The summed E-state index contributed by atoms with van der Waals surface area (Å²) in [4.78, 5) is 4.83. The van der Waals surface area contributed by atoms with Crippen LogP contribution in [-0.4, -0.2) is 51.1 Å². The summed E-state index contributed by atoms with van der Waals surface area (Å²) in [6.45, 7) is 11.4. The average Bonchev–Trinajstić information content (AvgIpc) is 3.11. The van der Waals surface area contributed by atoms with Crippen LogP contribution in [0.1, 0.15) is 22.4 Å². The number of hydrogen-bond acceptors (Lipinski definition) is 5. The van der Waals surface area contributed by atoms with Crippen molar-refractivity contribution in [2.45, 2.75) is 27.3 Å². The molecule has 1 fully saturated rings. The Bertz CT molecular complexity index is 907. The largest absolute Gasteiger partial charge is 0.353 e. The minimum Gasteiger partial charge on any atom is -0.353 e. The van der Waals surface area contributed by atoms with Gasteiger partial charge in [-0.05, 0) is 50.1 Å². The van der Waals surface area contributed by atoms with Gasteiger partial charge >= 0.3 is 0 Å². The lowest BCUT2D eigenvalue weighted by molar-refractivity contribution is 0.248. The summed E-state index contributed by atoms with van der Waals surface area (Å²) in [5.41, 5.74) is 5.11. The van der Waals surface area contributed by atoms with E-state index in [1.54, 1.807) is 4.68 Å². The summed E-state index contributed by atoms with van der Waals surface area (Å²) in [7, 11) is 0. The van der Waals surface area contributed by atoms with E-state index in [9.17, 15) is 0 Å². The van der Waals surface area contributed by atoms with Gasteiger partial charge in [0.15, 0.2) is 11.6 Å². The van der Waals surface area contributed by atoms with Crippen molar-refractivity contribution >= 4 is 5.82 Å². The topological polar surface area (TPSA) is 50.1 Å².